The SMILES string of the molecule is COc1cc2c(cc1OCc1ccc(Cl)cc1)OC(C)(C)c1[se]nnc1-2. The molecule has 0 radical (unpaired) electrons. The second kappa shape index (κ2) is 6.62. The Morgan fingerprint density at radius 2 is 1.92 bits per heavy atom. The Morgan fingerprint density at radius 1 is 1.15 bits per heavy atom. The summed E-state index contributed by atoms with van der Waals surface area (Å²) in [5, 5.41) is 5.05. The maximum atomic E-state index is 6.23. The molecule has 0 atom stereocenters. The van der Waals surface area contributed by atoms with Crippen molar-refractivity contribution in [2.45, 2.75) is 26.1 Å². The monoisotopic (exact) mass is 436 g/mol. The Bertz CT molecular complexity index is 954. The summed E-state index contributed by atoms with van der Waals surface area (Å²) in [4.78, 5) is 0. The van der Waals surface area contributed by atoms with Gasteiger partial charge in [0.05, 0.1) is 0 Å². The zero-order valence-corrected chi connectivity index (χ0v) is 17.0. The number of hydrogen-bond donors (Lipinski definition) is 0. The molecule has 5 nitrogen and oxygen atoms in total. The molecule has 26 heavy (non-hydrogen) atoms. The summed E-state index contributed by atoms with van der Waals surface area (Å²) in [6, 6.07) is 11.3. The molecule has 0 saturated heterocycles. The molecule has 0 saturated carbocycles. The van der Waals surface area contributed by atoms with Crippen molar-refractivity contribution in [2.75, 3.05) is 7.11 Å². The van der Waals surface area contributed by atoms with E-state index in [2.05, 4.69) is 9.19 Å². The molecule has 1 aromatic heterocycles. The third kappa shape index (κ3) is 3.09. The van der Waals surface area contributed by atoms with Gasteiger partial charge in [-0.3, -0.25) is 0 Å². The molecule has 0 N–H and O–H groups in total. The van der Waals surface area contributed by atoms with E-state index in [0.29, 0.717) is 23.1 Å². The van der Waals surface area contributed by atoms with Gasteiger partial charge in [0.25, 0.3) is 0 Å². The van der Waals surface area contributed by atoms with Gasteiger partial charge in [-0.15, -0.1) is 0 Å². The topological polar surface area (TPSA) is 53.5 Å². The molecule has 7 heteroatoms. The minimum absolute atomic E-state index is 0.0203. The summed E-state index contributed by atoms with van der Waals surface area (Å²) in [5.74, 6) is 2.00. The van der Waals surface area contributed by atoms with Gasteiger partial charge in [0.1, 0.15) is 0 Å². The Morgan fingerprint density at radius 3 is 2.65 bits per heavy atom. The number of ether oxygens (including phenoxy) is 3. The first-order chi connectivity index (χ1) is 12.5. The van der Waals surface area contributed by atoms with Crippen molar-refractivity contribution in [1.29, 1.82) is 0 Å². The van der Waals surface area contributed by atoms with E-state index in [0.717, 1.165) is 27.0 Å². The molecule has 0 spiro atoms. The predicted octanol–water partition coefficient (Wildman–Crippen LogP) is 4.07. The molecule has 1 aliphatic heterocycles. The molecule has 4 rings (SSSR count). The molecule has 3 aromatic rings. The van der Waals surface area contributed by atoms with Gasteiger partial charge in [-0.05, 0) is 0 Å². The molecule has 1 aliphatic rings. The average Bonchev–Trinajstić information content (AvgIpc) is 3.12. The van der Waals surface area contributed by atoms with Crippen LogP contribution in [0.5, 0.6) is 17.2 Å². The van der Waals surface area contributed by atoms with Crippen molar-refractivity contribution in [3.05, 3.63) is 51.4 Å². The molecule has 0 bridgehead atoms. The van der Waals surface area contributed by atoms with Gasteiger partial charge in [0.2, 0.25) is 0 Å². The minimum atomic E-state index is -0.423. The Balaban J connectivity index is 1.68. The van der Waals surface area contributed by atoms with Gasteiger partial charge in [0, 0.05) is 0 Å². The van der Waals surface area contributed by atoms with Crippen LogP contribution in [-0.2, 0) is 12.2 Å². The van der Waals surface area contributed by atoms with Crippen LogP contribution in [0.2, 0.25) is 5.02 Å². The summed E-state index contributed by atoms with van der Waals surface area (Å²) < 4.78 is 23.1. The quantitative estimate of drug-likeness (QED) is 0.578. The molecule has 0 amide bonds. The summed E-state index contributed by atoms with van der Waals surface area (Å²) in [5.41, 5.74) is 2.40. The third-order valence-electron chi connectivity index (χ3n) is 4.23. The molecule has 134 valence electrons. The van der Waals surface area contributed by atoms with Crippen LogP contribution in [0, 0.1) is 0 Å². The molecule has 0 unspecified atom stereocenters. The van der Waals surface area contributed by atoms with E-state index in [1.54, 1.807) is 7.11 Å². The van der Waals surface area contributed by atoms with Crippen molar-refractivity contribution in [3.8, 4) is 28.5 Å². The van der Waals surface area contributed by atoms with Crippen molar-refractivity contribution in [3.63, 3.8) is 0 Å². The fourth-order valence-corrected chi connectivity index (χ4v) is 4.51. The van der Waals surface area contributed by atoms with Crippen molar-refractivity contribution in [2.24, 2.45) is 0 Å². The predicted molar refractivity (Wildman–Crippen MR) is 100 cm³/mol. The zero-order valence-electron chi connectivity index (χ0n) is 14.6. The van der Waals surface area contributed by atoms with Gasteiger partial charge in [-0.2, -0.15) is 0 Å². The van der Waals surface area contributed by atoms with Crippen molar-refractivity contribution in [1.82, 2.24) is 9.19 Å². The van der Waals surface area contributed by atoms with Gasteiger partial charge >= 0.3 is 151 Å². The fraction of sp³-hybridized carbons (Fsp3) is 0.263. The standard InChI is InChI=1S/C19H17ClN2O3Se/c1-19(2)18-17(21-22-26-18)13-8-15(23-3)16(9-14(13)25-19)24-10-11-4-6-12(20)7-5-11/h4-9H,10H2,1-3H3. The van der Waals surface area contributed by atoms with E-state index in [-0.39, 0.29) is 14.7 Å². The van der Waals surface area contributed by atoms with E-state index in [4.69, 9.17) is 25.8 Å². The van der Waals surface area contributed by atoms with E-state index in [9.17, 15) is 0 Å². The molecule has 0 fully saturated rings. The number of halogens is 1. The van der Waals surface area contributed by atoms with Crippen LogP contribution in [0.1, 0.15) is 23.8 Å². The summed E-state index contributed by atoms with van der Waals surface area (Å²) >= 11 is 5.91. The normalized spacial score (nSPS) is 14.2. The van der Waals surface area contributed by atoms with Crippen LogP contribution in [-0.4, -0.2) is 31.0 Å². The zero-order chi connectivity index (χ0) is 18.3. The number of fused-ring (bicyclic) bond motifs is 3. The molecular formula is C19H17ClN2O3Se. The van der Waals surface area contributed by atoms with E-state index < -0.39 is 5.60 Å². The van der Waals surface area contributed by atoms with Gasteiger partial charge in [-0.25, -0.2) is 0 Å². The van der Waals surface area contributed by atoms with Gasteiger partial charge in [0.15, 0.2) is 0 Å². The van der Waals surface area contributed by atoms with Crippen LogP contribution in [0.3, 0.4) is 0 Å². The first-order valence-corrected chi connectivity index (χ1v) is 10.1. The molecule has 0 aliphatic carbocycles. The second-order valence-electron chi connectivity index (χ2n) is 6.48. The van der Waals surface area contributed by atoms with Crippen LogP contribution in [0.4, 0.5) is 0 Å². The summed E-state index contributed by atoms with van der Waals surface area (Å²) in [6.45, 7) is 4.50. The number of nitrogens with zero attached hydrogens (tertiary/aromatic N) is 2. The average molecular weight is 436 g/mol. The maximum absolute atomic E-state index is 6.23. The number of aromatic nitrogens is 2. The first kappa shape index (κ1) is 17.4. The third-order valence-corrected chi connectivity index (χ3v) is 6.64. The van der Waals surface area contributed by atoms with E-state index in [1.807, 2.05) is 50.2 Å². The van der Waals surface area contributed by atoms with Crippen molar-refractivity contribution < 1.29 is 14.2 Å². The van der Waals surface area contributed by atoms with Crippen LogP contribution < -0.4 is 14.2 Å². The van der Waals surface area contributed by atoms with Gasteiger partial charge in [-0.1, -0.05) is 11.6 Å². The fourth-order valence-electron chi connectivity index (χ4n) is 2.91. The summed E-state index contributed by atoms with van der Waals surface area (Å²) in [7, 11) is 1.62. The second-order valence-corrected chi connectivity index (χ2v) is 8.50. The number of hydrogen-bond acceptors (Lipinski definition) is 5. The number of methoxy groups -OCH3 is 1. The van der Waals surface area contributed by atoms with Crippen LogP contribution >= 0.6 is 11.6 Å². The summed E-state index contributed by atoms with van der Waals surface area (Å²) in [6.07, 6.45) is 0. The number of rotatable bonds is 4. The van der Waals surface area contributed by atoms with Crippen molar-refractivity contribution >= 4 is 26.3 Å². The Kier molecular flexibility index (Phi) is 4.43. The first-order valence-electron chi connectivity index (χ1n) is 8.09. The van der Waals surface area contributed by atoms with E-state index in [1.165, 1.54) is 0 Å². The van der Waals surface area contributed by atoms with E-state index >= 15 is 0 Å². The molecule has 2 heterocycles. The van der Waals surface area contributed by atoms with Gasteiger partial charge < -0.3 is 0 Å². The number of benzene rings is 2. The Hall–Kier alpha value is -2.01. The Labute approximate surface area is 162 Å². The molecule has 2 aromatic carbocycles. The van der Waals surface area contributed by atoms with Crippen LogP contribution in [0.25, 0.3) is 11.3 Å². The molecular weight excluding hydrogens is 419 g/mol. The van der Waals surface area contributed by atoms with Crippen LogP contribution in [0.15, 0.2) is 36.4 Å².